The van der Waals surface area contributed by atoms with Crippen molar-refractivity contribution < 1.29 is 14.7 Å². The first-order valence-electron chi connectivity index (χ1n) is 8.53. The van der Waals surface area contributed by atoms with E-state index in [0.29, 0.717) is 0 Å². The normalized spacial score (nSPS) is 17.7. The van der Waals surface area contributed by atoms with Crippen molar-refractivity contribution in [1.82, 2.24) is 9.88 Å². The fourth-order valence-electron chi connectivity index (χ4n) is 3.12. The Morgan fingerprint density at radius 2 is 1.85 bits per heavy atom. The van der Waals surface area contributed by atoms with Crippen LogP contribution in [0.3, 0.4) is 0 Å². The highest BCUT2D eigenvalue weighted by Crippen LogP contribution is 2.41. The molecule has 0 radical (unpaired) electrons. The number of benzene rings is 1. The lowest BCUT2D eigenvalue weighted by Crippen LogP contribution is -2.32. The van der Waals surface area contributed by atoms with Crippen molar-refractivity contribution in [3.05, 3.63) is 77.3 Å². The van der Waals surface area contributed by atoms with E-state index in [1.807, 2.05) is 36.4 Å². The standard InChI is InChI=1S/C21H22N2O3/c1-21(2,3)19(25)16-17(15-9-5-4-6-10-15)23(20(26)18(16)24)13-14-8-7-11-22-12-14/h4-12,17,24H,13H2,1-3H3. The quantitative estimate of drug-likeness (QED) is 0.915. The summed E-state index contributed by atoms with van der Waals surface area (Å²) < 4.78 is 0. The minimum Gasteiger partial charge on any atom is -0.503 e. The third kappa shape index (κ3) is 3.25. The van der Waals surface area contributed by atoms with Crippen molar-refractivity contribution in [3.63, 3.8) is 0 Å². The average molecular weight is 350 g/mol. The molecule has 0 spiro atoms. The third-order valence-electron chi connectivity index (χ3n) is 4.42. The maximum absolute atomic E-state index is 13.0. The molecule has 26 heavy (non-hydrogen) atoms. The van der Waals surface area contributed by atoms with Gasteiger partial charge in [0.15, 0.2) is 11.5 Å². The topological polar surface area (TPSA) is 70.5 Å². The van der Waals surface area contributed by atoms with E-state index >= 15 is 0 Å². The molecule has 1 aliphatic heterocycles. The first-order valence-corrected chi connectivity index (χ1v) is 8.53. The van der Waals surface area contributed by atoms with Gasteiger partial charge in [-0.1, -0.05) is 57.2 Å². The second-order valence-corrected chi connectivity index (χ2v) is 7.45. The molecule has 1 aromatic heterocycles. The zero-order chi connectivity index (χ0) is 18.9. The summed E-state index contributed by atoms with van der Waals surface area (Å²) in [6.45, 7) is 5.61. The highest BCUT2D eigenvalue weighted by molar-refractivity contribution is 6.10. The van der Waals surface area contributed by atoms with E-state index < -0.39 is 23.1 Å². The molecular weight excluding hydrogens is 328 g/mol. The Morgan fingerprint density at radius 3 is 2.42 bits per heavy atom. The number of pyridine rings is 1. The molecule has 5 heteroatoms. The van der Waals surface area contributed by atoms with Gasteiger partial charge in [0, 0.05) is 24.4 Å². The molecule has 2 aromatic rings. The number of carbonyl (C=O) groups is 2. The maximum Gasteiger partial charge on any atom is 0.290 e. The average Bonchev–Trinajstić information content (AvgIpc) is 2.87. The van der Waals surface area contributed by atoms with Gasteiger partial charge in [-0.2, -0.15) is 0 Å². The van der Waals surface area contributed by atoms with Crippen LogP contribution in [0.15, 0.2) is 66.2 Å². The van der Waals surface area contributed by atoms with Gasteiger partial charge in [0.05, 0.1) is 11.6 Å². The molecule has 134 valence electrons. The van der Waals surface area contributed by atoms with Crippen molar-refractivity contribution in [1.29, 1.82) is 0 Å². The molecule has 0 saturated carbocycles. The summed E-state index contributed by atoms with van der Waals surface area (Å²) in [5.41, 5.74) is 1.08. The summed E-state index contributed by atoms with van der Waals surface area (Å²) in [6.07, 6.45) is 3.34. The van der Waals surface area contributed by atoms with Crippen molar-refractivity contribution in [2.24, 2.45) is 5.41 Å². The molecular formula is C21H22N2O3. The number of Topliss-reactive ketones (excluding diaryl/α,β-unsaturated/α-hetero) is 1. The van der Waals surface area contributed by atoms with Gasteiger partial charge in [0.1, 0.15) is 0 Å². The number of rotatable bonds is 4. The van der Waals surface area contributed by atoms with Crippen molar-refractivity contribution in [2.45, 2.75) is 33.4 Å². The Bertz CT molecular complexity index is 852. The molecule has 1 N–H and O–H groups in total. The molecule has 1 amide bonds. The summed E-state index contributed by atoms with van der Waals surface area (Å²) in [5, 5.41) is 10.5. The van der Waals surface area contributed by atoms with Crippen molar-refractivity contribution >= 4 is 11.7 Å². The lowest BCUT2D eigenvalue weighted by molar-refractivity contribution is -0.130. The zero-order valence-electron chi connectivity index (χ0n) is 15.1. The van der Waals surface area contributed by atoms with E-state index in [9.17, 15) is 14.7 Å². The maximum atomic E-state index is 13.0. The molecule has 1 unspecified atom stereocenters. The fraction of sp³-hybridized carbons (Fsp3) is 0.286. The lowest BCUT2D eigenvalue weighted by Gasteiger charge is -2.28. The van der Waals surface area contributed by atoms with Gasteiger partial charge in [-0.05, 0) is 17.2 Å². The van der Waals surface area contributed by atoms with Gasteiger partial charge in [-0.25, -0.2) is 0 Å². The smallest absolute Gasteiger partial charge is 0.290 e. The molecule has 0 bridgehead atoms. The van der Waals surface area contributed by atoms with Crippen molar-refractivity contribution in [3.8, 4) is 0 Å². The second kappa shape index (κ2) is 6.75. The molecule has 1 aliphatic rings. The van der Waals surface area contributed by atoms with Gasteiger partial charge in [0.25, 0.3) is 5.91 Å². The number of aliphatic hydroxyl groups excluding tert-OH is 1. The summed E-state index contributed by atoms with van der Waals surface area (Å²) in [7, 11) is 0. The van der Waals surface area contributed by atoms with Crippen LogP contribution in [-0.2, 0) is 16.1 Å². The number of ketones is 1. The summed E-state index contributed by atoms with van der Waals surface area (Å²) in [6, 6.07) is 12.4. The van der Waals surface area contributed by atoms with E-state index in [0.717, 1.165) is 11.1 Å². The number of aliphatic hydroxyl groups is 1. The second-order valence-electron chi connectivity index (χ2n) is 7.45. The zero-order valence-corrected chi connectivity index (χ0v) is 15.1. The minimum atomic E-state index is -0.707. The first-order chi connectivity index (χ1) is 12.3. The van der Waals surface area contributed by atoms with Gasteiger partial charge in [0.2, 0.25) is 0 Å². The molecule has 1 aromatic carbocycles. The lowest BCUT2D eigenvalue weighted by atomic mass is 9.82. The van der Waals surface area contributed by atoms with Gasteiger partial charge in [-0.15, -0.1) is 0 Å². The Labute approximate surface area is 153 Å². The molecule has 3 rings (SSSR count). The highest BCUT2D eigenvalue weighted by atomic mass is 16.3. The van der Waals surface area contributed by atoms with E-state index in [-0.39, 0.29) is 17.9 Å². The first kappa shape index (κ1) is 17.9. The number of nitrogens with zero attached hydrogens (tertiary/aromatic N) is 2. The number of carbonyl (C=O) groups excluding carboxylic acids is 2. The van der Waals surface area contributed by atoms with Crippen LogP contribution in [0.5, 0.6) is 0 Å². The molecule has 2 heterocycles. The summed E-state index contributed by atoms with van der Waals surface area (Å²) >= 11 is 0. The number of hydrogen-bond donors (Lipinski definition) is 1. The molecule has 5 nitrogen and oxygen atoms in total. The number of aromatic nitrogens is 1. The SMILES string of the molecule is CC(C)(C)C(=O)C1=C(O)C(=O)N(Cc2cccnc2)C1c1ccccc1. The van der Waals surface area contributed by atoms with Crippen molar-refractivity contribution in [2.75, 3.05) is 0 Å². The van der Waals surface area contributed by atoms with Crippen LogP contribution in [0.1, 0.15) is 37.9 Å². The monoisotopic (exact) mass is 350 g/mol. The fourth-order valence-corrected chi connectivity index (χ4v) is 3.12. The predicted molar refractivity (Wildman–Crippen MR) is 98.1 cm³/mol. The predicted octanol–water partition coefficient (Wildman–Crippen LogP) is 3.59. The van der Waals surface area contributed by atoms with E-state index in [4.69, 9.17) is 0 Å². The number of hydrogen-bond acceptors (Lipinski definition) is 4. The van der Waals surface area contributed by atoms with E-state index in [1.54, 1.807) is 39.2 Å². The van der Waals surface area contributed by atoms with Crippen LogP contribution >= 0.6 is 0 Å². The Balaban J connectivity index is 2.08. The minimum absolute atomic E-state index is 0.164. The van der Waals surface area contributed by atoms with Crippen LogP contribution in [0.2, 0.25) is 0 Å². The molecule has 0 fully saturated rings. The largest absolute Gasteiger partial charge is 0.503 e. The Kier molecular flexibility index (Phi) is 4.64. The van der Waals surface area contributed by atoms with Crippen LogP contribution in [-0.4, -0.2) is 26.7 Å². The molecule has 1 atom stereocenters. The number of amides is 1. The molecule has 0 aliphatic carbocycles. The summed E-state index contributed by atoms with van der Waals surface area (Å²) in [5.74, 6) is -1.22. The van der Waals surface area contributed by atoms with Crippen LogP contribution in [0.25, 0.3) is 0 Å². The van der Waals surface area contributed by atoms with Gasteiger partial charge in [-0.3, -0.25) is 14.6 Å². The van der Waals surface area contributed by atoms with Crippen LogP contribution < -0.4 is 0 Å². The third-order valence-corrected chi connectivity index (χ3v) is 4.42. The highest BCUT2D eigenvalue weighted by Gasteiger charge is 2.45. The summed E-state index contributed by atoms with van der Waals surface area (Å²) in [4.78, 5) is 31.4. The van der Waals surface area contributed by atoms with E-state index in [1.165, 1.54) is 4.90 Å². The van der Waals surface area contributed by atoms with E-state index in [2.05, 4.69) is 4.98 Å². The van der Waals surface area contributed by atoms with Crippen LogP contribution in [0, 0.1) is 5.41 Å². The van der Waals surface area contributed by atoms with Crippen LogP contribution in [0.4, 0.5) is 0 Å². The molecule has 0 saturated heterocycles. The van der Waals surface area contributed by atoms with Gasteiger partial charge < -0.3 is 10.0 Å². The van der Waals surface area contributed by atoms with Gasteiger partial charge >= 0.3 is 0 Å². The Morgan fingerprint density at radius 1 is 1.15 bits per heavy atom. The Hall–Kier alpha value is -2.95.